The van der Waals surface area contributed by atoms with Crippen LogP contribution in [0.25, 0.3) is 0 Å². The van der Waals surface area contributed by atoms with Crippen LogP contribution in [0.2, 0.25) is 0 Å². The highest BCUT2D eigenvalue weighted by atomic mass is 19.4. The molecule has 0 unspecified atom stereocenters. The van der Waals surface area contributed by atoms with E-state index < -0.39 is 29.3 Å². The van der Waals surface area contributed by atoms with Gasteiger partial charge in [0.2, 0.25) is 0 Å². The lowest BCUT2D eigenvalue weighted by Crippen LogP contribution is -2.35. The number of nitrogens with zero attached hydrogens (tertiary/aromatic N) is 2. The molecular formula is C7H5F5N4. The molecule has 0 aliphatic rings. The van der Waals surface area contributed by atoms with Crippen LogP contribution in [0.4, 0.5) is 22.0 Å². The van der Waals surface area contributed by atoms with Crippen LogP contribution in [0.3, 0.4) is 0 Å². The number of hydrogen-bond donors (Lipinski definition) is 2. The maximum Gasteiger partial charge on any atom is 0.459 e. The lowest BCUT2D eigenvalue weighted by atomic mass is 10.2. The zero-order valence-electron chi connectivity index (χ0n) is 7.52. The fourth-order valence-electron chi connectivity index (χ4n) is 0.822. The molecule has 0 aromatic carbocycles. The number of nitrogens with two attached hydrogens (primary N) is 1. The molecule has 0 amide bonds. The first-order valence-corrected chi connectivity index (χ1v) is 3.77. The van der Waals surface area contributed by atoms with E-state index in [0.29, 0.717) is 12.4 Å². The Morgan fingerprint density at radius 3 is 2.19 bits per heavy atom. The highest BCUT2D eigenvalue weighted by Crippen LogP contribution is 2.42. The monoisotopic (exact) mass is 240 g/mol. The molecule has 0 bridgehead atoms. The number of halogens is 5. The summed E-state index contributed by atoms with van der Waals surface area (Å²) in [6.45, 7) is 0. The Labute approximate surface area is 85.8 Å². The van der Waals surface area contributed by atoms with E-state index in [-0.39, 0.29) is 0 Å². The summed E-state index contributed by atoms with van der Waals surface area (Å²) in [6.07, 6.45) is -5.26. The van der Waals surface area contributed by atoms with Crippen molar-refractivity contribution in [1.29, 1.82) is 5.41 Å². The number of nitrogens with one attached hydrogen (secondary N) is 1. The van der Waals surface area contributed by atoms with E-state index >= 15 is 0 Å². The van der Waals surface area contributed by atoms with Gasteiger partial charge in [0.15, 0.2) is 0 Å². The molecule has 3 N–H and O–H groups in total. The predicted molar refractivity (Wildman–Crippen MR) is 43.0 cm³/mol. The summed E-state index contributed by atoms with van der Waals surface area (Å²) in [7, 11) is 0. The number of hydrogen-bond acceptors (Lipinski definition) is 3. The molecule has 0 atom stereocenters. The summed E-state index contributed by atoms with van der Waals surface area (Å²) in [5.74, 6) is -5.82. The van der Waals surface area contributed by atoms with E-state index in [4.69, 9.17) is 11.1 Å². The Hall–Kier alpha value is -1.80. The van der Waals surface area contributed by atoms with Crippen LogP contribution in [-0.4, -0.2) is 22.0 Å². The first-order valence-electron chi connectivity index (χ1n) is 3.77. The van der Waals surface area contributed by atoms with E-state index in [2.05, 4.69) is 9.97 Å². The van der Waals surface area contributed by atoms with Crippen molar-refractivity contribution in [2.45, 2.75) is 12.1 Å². The Morgan fingerprint density at radius 1 is 1.19 bits per heavy atom. The lowest BCUT2D eigenvalue weighted by molar-refractivity contribution is -0.291. The number of alkyl halides is 5. The quantitative estimate of drug-likeness (QED) is 0.466. The molecule has 9 heteroatoms. The molecule has 0 fully saturated rings. The number of aromatic nitrogens is 2. The van der Waals surface area contributed by atoms with Gasteiger partial charge in [-0.1, -0.05) is 0 Å². The van der Waals surface area contributed by atoms with Gasteiger partial charge in [-0.3, -0.25) is 5.41 Å². The van der Waals surface area contributed by atoms with Crippen molar-refractivity contribution in [1.82, 2.24) is 9.97 Å². The van der Waals surface area contributed by atoms with E-state index in [0.717, 1.165) is 0 Å². The van der Waals surface area contributed by atoms with Crippen molar-refractivity contribution in [3.63, 3.8) is 0 Å². The lowest BCUT2D eigenvalue weighted by Gasteiger charge is -2.18. The Morgan fingerprint density at radius 2 is 1.75 bits per heavy atom. The fourth-order valence-corrected chi connectivity index (χ4v) is 0.822. The fraction of sp³-hybridized carbons (Fsp3) is 0.286. The normalized spacial score (nSPS) is 12.6. The Balaban J connectivity index is 3.24. The molecule has 0 aliphatic carbocycles. The minimum atomic E-state index is -5.75. The van der Waals surface area contributed by atoms with Gasteiger partial charge in [-0.05, 0) is 6.07 Å². The average molecular weight is 240 g/mol. The summed E-state index contributed by atoms with van der Waals surface area (Å²) in [5.41, 5.74) is 2.87. The molecular weight excluding hydrogens is 235 g/mol. The molecule has 1 aromatic heterocycles. The molecule has 1 rings (SSSR count). The third-order valence-electron chi connectivity index (χ3n) is 1.62. The summed E-state index contributed by atoms with van der Waals surface area (Å²) >= 11 is 0. The van der Waals surface area contributed by atoms with Crippen LogP contribution in [0, 0.1) is 5.41 Å². The van der Waals surface area contributed by atoms with Crippen molar-refractivity contribution in [3.05, 3.63) is 23.8 Å². The highest BCUT2D eigenvalue weighted by molar-refractivity contribution is 5.92. The average Bonchev–Trinajstić information content (AvgIpc) is 2.16. The zero-order chi connectivity index (χ0) is 12.6. The second kappa shape index (κ2) is 3.65. The van der Waals surface area contributed by atoms with Crippen molar-refractivity contribution < 1.29 is 22.0 Å². The first kappa shape index (κ1) is 12.3. The van der Waals surface area contributed by atoms with Gasteiger partial charge >= 0.3 is 12.1 Å². The summed E-state index contributed by atoms with van der Waals surface area (Å²) in [5, 5.41) is 6.85. The summed E-state index contributed by atoms with van der Waals surface area (Å²) < 4.78 is 61.4. The summed E-state index contributed by atoms with van der Waals surface area (Å²) in [6, 6.07) is 0.329. The Kier molecular flexibility index (Phi) is 2.80. The van der Waals surface area contributed by atoms with Gasteiger partial charge < -0.3 is 5.73 Å². The van der Waals surface area contributed by atoms with Crippen LogP contribution in [-0.2, 0) is 5.92 Å². The highest BCUT2D eigenvalue weighted by Gasteiger charge is 2.60. The van der Waals surface area contributed by atoms with Gasteiger partial charge in [0.1, 0.15) is 23.6 Å². The molecule has 0 saturated heterocycles. The van der Waals surface area contributed by atoms with Gasteiger partial charge in [-0.2, -0.15) is 22.0 Å². The number of nitrogen functional groups attached to an aromatic ring is 1. The van der Waals surface area contributed by atoms with Gasteiger partial charge in [-0.25, -0.2) is 9.97 Å². The molecule has 0 saturated carbocycles. The predicted octanol–water partition coefficient (Wildman–Crippen LogP) is 1.41. The third-order valence-corrected chi connectivity index (χ3v) is 1.62. The number of rotatable bonds is 2. The van der Waals surface area contributed by atoms with Gasteiger partial charge in [0.05, 0.1) is 0 Å². The van der Waals surface area contributed by atoms with Crippen molar-refractivity contribution in [2.75, 3.05) is 0 Å². The van der Waals surface area contributed by atoms with Gasteiger partial charge in [-0.15, -0.1) is 0 Å². The topological polar surface area (TPSA) is 75.7 Å². The van der Waals surface area contributed by atoms with Crippen molar-refractivity contribution in [3.8, 4) is 0 Å². The van der Waals surface area contributed by atoms with Crippen LogP contribution in [0.5, 0.6) is 0 Å². The second-order valence-electron chi connectivity index (χ2n) is 2.77. The van der Waals surface area contributed by atoms with E-state index in [1.54, 1.807) is 0 Å². The molecule has 16 heavy (non-hydrogen) atoms. The minimum Gasteiger partial charge on any atom is -0.382 e. The van der Waals surface area contributed by atoms with Crippen LogP contribution in [0.15, 0.2) is 12.4 Å². The van der Waals surface area contributed by atoms with Crippen LogP contribution < -0.4 is 5.73 Å². The molecule has 4 nitrogen and oxygen atoms in total. The maximum atomic E-state index is 12.8. The molecule has 0 radical (unpaired) electrons. The second-order valence-corrected chi connectivity index (χ2v) is 2.77. The largest absolute Gasteiger partial charge is 0.459 e. The number of amidine groups is 1. The maximum absolute atomic E-state index is 12.8. The Bertz CT molecular complexity index is 413. The SMILES string of the molecule is N=C(N)c1cc(C(F)(F)C(F)(F)F)ncn1. The molecule has 1 aromatic rings. The van der Waals surface area contributed by atoms with Crippen molar-refractivity contribution >= 4 is 5.84 Å². The first-order chi connectivity index (χ1) is 7.16. The van der Waals surface area contributed by atoms with Gasteiger partial charge in [0, 0.05) is 0 Å². The molecule has 1 heterocycles. The third kappa shape index (κ3) is 2.07. The van der Waals surface area contributed by atoms with Crippen molar-refractivity contribution in [2.24, 2.45) is 5.73 Å². The van der Waals surface area contributed by atoms with E-state index in [1.807, 2.05) is 0 Å². The zero-order valence-corrected chi connectivity index (χ0v) is 7.52. The summed E-state index contributed by atoms with van der Waals surface area (Å²) in [4.78, 5) is 6.10. The van der Waals surface area contributed by atoms with E-state index in [9.17, 15) is 22.0 Å². The van der Waals surface area contributed by atoms with Crippen LogP contribution >= 0.6 is 0 Å². The molecule has 0 spiro atoms. The molecule has 0 aliphatic heterocycles. The smallest absolute Gasteiger partial charge is 0.382 e. The van der Waals surface area contributed by atoms with Crippen LogP contribution in [0.1, 0.15) is 11.4 Å². The standard InChI is InChI=1S/C7H5F5N4/c8-6(9,7(10,11)12)4-1-3(5(13)14)15-2-16-4/h1-2H,(H3,13,14). The van der Waals surface area contributed by atoms with Gasteiger partial charge in [0.25, 0.3) is 0 Å². The minimum absolute atomic E-state index is 0.329. The molecule has 88 valence electrons. The van der Waals surface area contributed by atoms with E-state index in [1.165, 1.54) is 0 Å².